The normalized spacial score (nSPS) is 14.4. The molecule has 0 saturated heterocycles. The lowest BCUT2D eigenvalue weighted by Gasteiger charge is -2.18. The predicted octanol–water partition coefficient (Wildman–Crippen LogP) is 3.62. The summed E-state index contributed by atoms with van der Waals surface area (Å²) in [5.74, 6) is 0.891. The third kappa shape index (κ3) is 4.32. The Morgan fingerprint density at radius 2 is 2.03 bits per heavy atom. The topological polar surface area (TPSA) is 129 Å². The number of aliphatic hydroxyl groups excluding tert-OH is 1. The quantitative estimate of drug-likeness (QED) is 0.337. The van der Waals surface area contributed by atoms with Crippen molar-refractivity contribution in [2.75, 3.05) is 17.2 Å². The van der Waals surface area contributed by atoms with Crippen molar-refractivity contribution in [3.05, 3.63) is 69.8 Å². The summed E-state index contributed by atoms with van der Waals surface area (Å²) in [4.78, 5) is 14.9. The van der Waals surface area contributed by atoms with Gasteiger partial charge in [0.2, 0.25) is 0 Å². The van der Waals surface area contributed by atoms with E-state index in [-0.39, 0.29) is 23.8 Å². The van der Waals surface area contributed by atoms with Crippen molar-refractivity contribution in [1.82, 2.24) is 15.2 Å². The van der Waals surface area contributed by atoms with Crippen molar-refractivity contribution >= 4 is 23.0 Å². The molecule has 0 amide bonds. The van der Waals surface area contributed by atoms with Crippen LogP contribution in [0.15, 0.2) is 42.6 Å². The first-order valence-electron chi connectivity index (χ1n) is 9.13. The Morgan fingerprint density at radius 3 is 2.69 bits per heavy atom. The Balaban J connectivity index is 1.57. The van der Waals surface area contributed by atoms with Crippen LogP contribution >= 0.6 is 0 Å². The van der Waals surface area contributed by atoms with Crippen molar-refractivity contribution in [1.29, 1.82) is 0 Å². The summed E-state index contributed by atoms with van der Waals surface area (Å²) in [6, 6.07) is 8.47. The van der Waals surface area contributed by atoms with E-state index in [1.165, 1.54) is 18.2 Å². The first-order valence-corrected chi connectivity index (χ1v) is 9.13. The zero-order chi connectivity index (χ0) is 20.4. The molecule has 29 heavy (non-hydrogen) atoms. The van der Waals surface area contributed by atoms with E-state index in [0.717, 1.165) is 24.7 Å². The molecular weight excluding hydrogens is 379 g/mol. The Hall–Kier alpha value is -3.53. The van der Waals surface area contributed by atoms with Crippen LogP contribution in [0.4, 0.5) is 27.4 Å². The summed E-state index contributed by atoms with van der Waals surface area (Å²) >= 11 is 0. The van der Waals surface area contributed by atoms with Crippen LogP contribution < -0.4 is 10.6 Å². The minimum atomic E-state index is -0.552. The molecule has 0 bridgehead atoms. The fourth-order valence-corrected chi connectivity index (χ4v) is 3.02. The number of nitrogens with zero attached hydrogens (tertiary/aromatic N) is 3. The summed E-state index contributed by atoms with van der Waals surface area (Å²) in [7, 11) is 0. The number of aliphatic hydroxyl groups is 1. The summed E-state index contributed by atoms with van der Waals surface area (Å²) < 4.78 is 13.1. The number of halogens is 1. The molecule has 4 rings (SSSR count). The summed E-state index contributed by atoms with van der Waals surface area (Å²) in [5.41, 5.74) is 1.68. The number of hydrogen-bond donors (Lipinski definition) is 4. The second-order valence-electron chi connectivity index (χ2n) is 6.88. The van der Waals surface area contributed by atoms with E-state index in [0.29, 0.717) is 23.1 Å². The van der Waals surface area contributed by atoms with E-state index in [1.807, 2.05) is 6.07 Å². The minimum Gasteiger partial charge on any atom is -0.394 e. The summed E-state index contributed by atoms with van der Waals surface area (Å²) in [5, 5.41) is 34.2. The van der Waals surface area contributed by atoms with Crippen molar-refractivity contribution in [2.24, 2.45) is 0 Å². The second-order valence-corrected chi connectivity index (χ2v) is 6.88. The molecule has 3 aromatic rings. The standard InChI is InChI=1S/C19H19FN6O3/c20-13-5-3-12(4-6-13)16(10-27)23-18-8-15(17(9-21-18)26(28)29)22-19-7-14(24-25-19)11-1-2-11/h3-9,11,16,27H,1-2,10H2,(H3,21,22,23,24,25)/t16-/m0/s1. The number of pyridine rings is 1. The van der Waals surface area contributed by atoms with E-state index in [9.17, 15) is 19.6 Å². The lowest BCUT2D eigenvalue weighted by atomic mass is 10.1. The summed E-state index contributed by atoms with van der Waals surface area (Å²) in [6.45, 7) is -0.267. The highest BCUT2D eigenvalue weighted by molar-refractivity contribution is 5.70. The zero-order valence-electron chi connectivity index (χ0n) is 15.3. The number of hydrogen-bond acceptors (Lipinski definition) is 7. The fraction of sp³-hybridized carbons (Fsp3) is 0.263. The van der Waals surface area contributed by atoms with Gasteiger partial charge < -0.3 is 15.7 Å². The van der Waals surface area contributed by atoms with Gasteiger partial charge in [-0.15, -0.1) is 0 Å². The van der Waals surface area contributed by atoms with Crippen LogP contribution in [0, 0.1) is 15.9 Å². The first kappa shape index (κ1) is 18.8. The predicted molar refractivity (Wildman–Crippen MR) is 105 cm³/mol. The molecule has 150 valence electrons. The minimum absolute atomic E-state index is 0.200. The van der Waals surface area contributed by atoms with Crippen LogP contribution in [0.25, 0.3) is 0 Å². The number of H-pyrrole nitrogens is 1. The van der Waals surface area contributed by atoms with Gasteiger partial charge in [0.25, 0.3) is 0 Å². The van der Waals surface area contributed by atoms with Crippen LogP contribution in [0.3, 0.4) is 0 Å². The van der Waals surface area contributed by atoms with E-state index < -0.39 is 11.0 Å². The molecule has 2 aromatic heterocycles. The van der Waals surface area contributed by atoms with E-state index in [1.54, 1.807) is 12.1 Å². The monoisotopic (exact) mass is 398 g/mol. The van der Waals surface area contributed by atoms with Crippen LogP contribution in [-0.4, -0.2) is 31.8 Å². The molecule has 1 atom stereocenters. The Kier molecular flexibility index (Phi) is 5.09. The van der Waals surface area contributed by atoms with Gasteiger partial charge >= 0.3 is 5.69 Å². The number of anilines is 3. The average molecular weight is 398 g/mol. The lowest BCUT2D eigenvalue weighted by Crippen LogP contribution is -2.16. The molecule has 4 N–H and O–H groups in total. The Morgan fingerprint density at radius 1 is 1.28 bits per heavy atom. The molecule has 0 unspecified atom stereocenters. The van der Waals surface area contributed by atoms with Crippen LogP contribution in [-0.2, 0) is 0 Å². The van der Waals surface area contributed by atoms with E-state index in [2.05, 4.69) is 25.8 Å². The third-order valence-corrected chi connectivity index (χ3v) is 4.73. The molecule has 1 aromatic carbocycles. The molecular formula is C19H19FN6O3. The molecule has 10 heteroatoms. The number of benzene rings is 1. The molecule has 9 nitrogen and oxygen atoms in total. The molecule has 1 aliphatic carbocycles. The van der Waals surface area contributed by atoms with Gasteiger partial charge in [0.1, 0.15) is 23.5 Å². The van der Waals surface area contributed by atoms with Gasteiger partial charge in [0.05, 0.1) is 17.6 Å². The molecule has 1 aliphatic rings. The number of nitro groups is 1. The molecule has 0 aliphatic heterocycles. The molecule has 0 spiro atoms. The third-order valence-electron chi connectivity index (χ3n) is 4.73. The maximum absolute atomic E-state index is 13.1. The number of aromatic amines is 1. The van der Waals surface area contributed by atoms with Crippen molar-refractivity contribution < 1.29 is 14.4 Å². The lowest BCUT2D eigenvalue weighted by molar-refractivity contribution is -0.384. The second kappa shape index (κ2) is 7.84. The van der Waals surface area contributed by atoms with Gasteiger partial charge in [0.15, 0.2) is 5.82 Å². The first-order chi connectivity index (χ1) is 14.0. The number of rotatable bonds is 8. The number of nitrogens with one attached hydrogen (secondary N) is 3. The molecule has 2 heterocycles. The van der Waals surface area contributed by atoms with Gasteiger partial charge in [-0.25, -0.2) is 9.37 Å². The van der Waals surface area contributed by atoms with Crippen molar-refractivity contribution in [3.8, 4) is 0 Å². The molecule has 1 fully saturated rings. The Bertz CT molecular complexity index is 1020. The van der Waals surface area contributed by atoms with Gasteiger partial charge in [0, 0.05) is 23.7 Å². The maximum atomic E-state index is 13.1. The average Bonchev–Trinajstić information content (AvgIpc) is 3.46. The smallest absolute Gasteiger partial charge is 0.310 e. The molecule has 1 saturated carbocycles. The zero-order valence-corrected chi connectivity index (χ0v) is 15.3. The van der Waals surface area contributed by atoms with Crippen LogP contribution in [0.2, 0.25) is 0 Å². The van der Waals surface area contributed by atoms with Crippen LogP contribution in [0.5, 0.6) is 0 Å². The number of aromatic nitrogens is 3. The van der Waals surface area contributed by atoms with Crippen LogP contribution in [0.1, 0.15) is 36.1 Å². The maximum Gasteiger partial charge on any atom is 0.310 e. The van der Waals surface area contributed by atoms with Crippen molar-refractivity contribution in [2.45, 2.75) is 24.8 Å². The van der Waals surface area contributed by atoms with E-state index >= 15 is 0 Å². The summed E-state index contributed by atoms with van der Waals surface area (Å²) in [6.07, 6.45) is 3.35. The van der Waals surface area contributed by atoms with Gasteiger partial charge in [-0.3, -0.25) is 15.2 Å². The van der Waals surface area contributed by atoms with Crippen molar-refractivity contribution in [3.63, 3.8) is 0 Å². The highest BCUT2D eigenvalue weighted by Crippen LogP contribution is 2.40. The van der Waals surface area contributed by atoms with E-state index in [4.69, 9.17) is 0 Å². The SMILES string of the molecule is O=[N+]([O-])c1cnc(N[C@@H](CO)c2ccc(F)cc2)cc1Nc1cc(C2CC2)[nH]n1. The van der Waals surface area contributed by atoms with Gasteiger partial charge in [-0.1, -0.05) is 12.1 Å². The fourth-order valence-electron chi connectivity index (χ4n) is 3.02. The van der Waals surface area contributed by atoms with Gasteiger partial charge in [-0.2, -0.15) is 5.10 Å². The highest BCUT2D eigenvalue weighted by Gasteiger charge is 2.26. The van der Waals surface area contributed by atoms with Gasteiger partial charge in [-0.05, 0) is 30.5 Å². The largest absolute Gasteiger partial charge is 0.394 e. The Labute approximate surface area is 165 Å². The molecule has 0 radical (unpaired) electrons. The highest BCUT2D eigenvalue weighted by atomic mass is 19.1.